The molecule has 170 valence electrons. The van der Waals surface area contributed by atoms with Gasteiger partial charge in [-0.25, -0.2) is 0 Å². The van der Waals surface area contributed by atoms with Crippen LogP contribution in [0.1, 0.15) is 12.0 Å². The number of hydrogen-bond donors (Lipinski definition) is 0. The van der Waals surface area contributed by atoms with Crippen LogP contribution in [0.15, 0.2) is 96.8 Å². The largest absolute Gasteiger partial charge is 0.501 e. The minimum atomic E-state index is -0.947. The Morgan fingerprint density at radius 3 is 1.82 bits per heavy atom. The first-order valence-corrected chi connectivity index (χ1v) is 12.1. The van der Waals surface area contributed by atoms with Crippen LogP contribution in [0.3, 0.4) is 0 Å². The van der Waals surface area contributed by atoms with Gasteiger partial charge in [-0.1, -0.05) is 66.7 Å². The Kier molecular flexibility index (Phi) is 7.29. The number of rotatable bonds is 8. The predicted octanol–water partition coefficient (Wildman–Crippen LogP) is 4.76. The van der Waals surface area contributed by atoms with E-state index in [0.717, 1.165) is 22.6 Å². The lowest BCUT2D eigenvalue weighted by molar-refractivity contribution is -0.165. The van der Waals surface area contributed by atoms with Crippen molar-refractivity contribution in [1.82, 2.24) is 0 Å². The zero-order chi connectivity index (χ0) is 23.3. The molecule has 0 bridgehead atoms. The molecule has 3 aromatic carbocycles. The lowest BCUT2D eigenvalue weighted by Gasteiger charge is -2.37. The lowest BCUT2D eigenvalue weighted by Crippen LogP contribution is -2.39. The van der Waals surface area contributed by atoms with Crippen LogP contribution in [0.5, 0.6) is 5.75 Å². The van der Waals surface area contributed by atoms with E-state index in [0.29, 0.717) is 6.42 Å². The highest BCUT2D eigenvalue weighted by atomic mass is 31.1. The third-order valence-corrected chi connectivity index (χ3v) is 8.42. The van der Waals surface area contributed by atoms with Gasteiger partial charge in [-0.2, -0.15) is 0 Å². The van der Waals surface area contributed by atoms with Gasteiger partial charge < -0.3 is 18.9 Å². The van der Waals surface area contributed by atoms with Crippen LogP contribution >= 0.6 is 7.92 Å². The lowest BCUT2D eigenvalue weighted by atomic mass is 9.90. The molecule has 0 atom stereocenters. The third kappa shape index (κ3) is 4.60. The first-order valence-electron chi connectivity index (χ1n) is 10.8. The first kappa shape index (κ1) is 23.3. The van der Waals surface area contributed by atoms with E-state index in [1.54, 1.807) is 28.4 Å². The van der Waals surface area contributed by atoms with Crippen LogP contribution in [0.2, 0.25) is 0 Å². The van der Waals surface area contributed by atoms with Crippen LogP contribution < -0.4 is 20.7 Å². The van der Waals surface area contributed by atoms with Gasteiger partial charge in [-0.05, 0) is 53.7 Å². The molecule has 0 radical (unpaired) electrons. The predicted molar refractivity (Wildman–Crippen MR) is 136 cm³/mol. The molecular weight excluding hydrogens is 431 g/mol. The summed E-state index contributed by atoms with van der Waals surface area (Å²) in [6.07, 6.45) is 4.53. The Morgan fingerprint density at radius 2 is 1.30 bits per heavy atom. The van der Waals surface area contributed by atoms with Crippen molar-refractivity contribution >= 4 is 29.4 Å². The summed E-state index contributed by atoms with van der Waals surface area (Å²) in [6, 6.07) is 27.5. The molecule has 0 spiro atoms. The third-order valence-electron chi connectivity index (χ3n) is 5.94. The summed E-state index contributed by atoms with van der Waals surface area (Å²) < 4.78 is 23.2. The highest BCUT2D eigenvalue weighted by molar-refractivity contribution is 7.80. The molecule has 5 heteroatoms. The van der Waals surface area contributed by atoms with Crippen molar-refractivity contribution in [2.75, 3.05) is 28.4 Å². The molecule has 4 nitrogen and oxygen atoms in total. The SMILES string of the molecule is COC1=CC=C(c2ccc(OC)cc2P(c2ccccc2)c2ccccc2)C(OC)(OC)C1. The van der Waals surface area contributed by atoms with Crippen molar-refractivity contribution in [3.8, 4) is 5.75 Å². The van der Waals surface area contributed by atoms with E-state index in [9.17, 15) is 0 Å². The van der Waals surface area contributed by atoms with E-state index in [4.69, 9.17) is 18.9 Å². The topological polar surface area (TPSA) is 36.9 Å². The molecule has 0 heterocycles. The normalized spacial score (nSPS) is 15.1. The van der Waals surface area contributed by atoms with E-state index in [-0.39, 0.29) is 0 Å². The smallest absolute Gasteiger partial charge is 0.202 e. The Hall–Kier alpha value is -2.91. The minimum Gasteiger partial charge on any atom is -0.501 e. The molecule has 33 heavy (non-hydrogen) atoms. The molecular formula is C28H29O4P. The molecule has 1 aliphatic rings. The van der Waals surface area contributed by atoms with Gasteiger partial charge in [-0.3, -0.25) is 0 Å². The van der Waals surface area contributed by atoms with Gasteiger partial charge in [0.25, 0.3) is 0 Å². The Labute approximate surface area is 197 Å². The van der Waals surface area contributed by atoms with Gasteiger partial charge in [0.1, 0.15) is 11.5 Å². The van der Waals surface area contributed by atoms with Crippen LogP contribution in [-0.2, 0) is 14.2 Å². The summed E-state index contributed by atoms with van der Waals surface area (Å²) in [7, 11) is 5.86. The maximum absolute atomic E-state index is 5.99. The molecule has 0 unspecified atom stereocenters. The zero-order valence-corrected chi connectivity index (χ0v) is 20.3. The van der Waals surface area contributed by atoms with Crippen LogP contribution in [0, 0.1) is 0 Å². The van der Waals surface area contributed by atoms with E-state index in [1.807, 2.05) is 18.2 Å². The van der Waals surface area contributed by atoms with Gasteiger partial charge in [0, 0.05) is 19.8 Å². The maximum atomic E-state index is 5.99. The van der Waals surface area contributed by atoms with Crippen molar-refractivity contribution < 1.29 is 18.9 Å². The highest BCUT2D eigenvalue weighted by Gasteiger charge is 2.40. The Morgan fingerprint density at radius 1 is 0.697 bits per heavy atom. The number of benzene rings is 3. The highest BCUT2D eigenvalue weighted by Crippen LogP contribution is 2.43. The summed E-state index contributed by atoms with van der Waals surface area (Å²) in [5, 5.41) is 3.71. The molecule has 4 rings (SSSR count). The molecule has 0 aromatic heterocycles. The second kappa shape index (κ2) is 10.4. The van der Waals surface area contributed by atoms with Crippen LogP contribution in [0.25, 0.3) is 5.57 Å². The molecule has 0 amide bonds. The summed E-state index contributed by atoms with van der Waals surface area (Å²) in [5.74, 6) is 0.682. The average Bonchev–Trinajstić information content (AvgIpc) is 2.89. The molecule has 0 fully saturated rings. The maximum Gasteiger partial charge on any atom is 0.202 e. The average molecular weight is 461 g/mol. The fourth-order valence-electron chi connectivity index (χ4n) is 4.20. The molecule has 0 saturated heterocycles. The fraction of sp³-hybridized carbons (Fsp3) is 0.214. The minimum absolute atomic E-state index is 0.488. The quantitative estimate of drug-likeness (QED) is 0.359. The van der Waals surface area contributed by atoms with E-state index in [1.165, 1.54) is 15.9 Å². The van der Waals surface area contributed by atoms with Gasteiger partial charge in [0.2, 0.25) is 5.79 Å². The summed E-state index contributed by atoms with van der Waals surface area (Å²) in [4.78, 5) is 0. The second-order valence-electron chi connectivity index (χ2n) is 7.64. The summed E-state index contributed by atoms with van der Waals surface area (Å²) in [6.45, 7) is 0. The van der Waals surface area contributed by atoms with Gasteiger partial charge in [0.05, 0.1) is 20.6 Å². The number of methoxy groups -OCH3 is 4. The standard InChI is InChI=1S/C28H29O4P/c1-29-21-15-17-25(26-18-16-22(30-2)20-28(26,31-3)32-4)27(19-21)33(23-11-7-5-8-12-23)24-13-9-6-10-14-24/h5-19H,20H2,1-4H3. The van der Waals surface area contributed by atoms with Crippen molar-refractivity contribution in [2.45, 2.75) is 12.2 Å². The molecule has 1 aliphatic carbocycles. The number of hydrogen-bond acceptors (Lipinski definition) is 4. The van der Waals surface area contributed by atoms with E-state index >= 15 is 0 Å². The van der Waals surface area contributed by atoms with Crippen LogP contribution in [-0.4, -0.2) is 34.2 Å². The fourth-order valence-corrected chi connectivity index (χ4v) is 6.69. The van der Waals surface area contributed by atoms with Crippen LogP contribution in [0.4, 0.5) is 0 Å². The summed E-state index contributed by atoms with van der Waals surface area (Å²) >= 11 is 0. The molecule has 3 aromatic rings. The monoisotopic (exact) mass is 460 g/mol. The summed E-state index contributed by atoms with van der Waals surface area (Å²) in [5.41, 5.74) is 2.04. The van der Waals surface area contributed by atoms with Crippen molar-refractivity contribution in [2.24, 2.45) is 0 Å². The van der Waals surface area contributed by atoms with Gasteiger partial charge in [0.15, 0.2) is 0 Å². The van der Waals surface area contributed by atoms with Crippen molar-refractivity contribution in [1.29, 1.82) is 0 Å². The van der Waals surface area contributed by atoms with E-state index in [2.05, 4.69) is 72.8 Å². The second-order valence-corrected chi connectivity index (χ2v) is 9.83. The molecule has 0 aliphatic heterocycles. The first-order chi connectivity index (χ1) is 16.2. The van der Waals surface area contributed by atoms with Crippen molar-refractivity contribution in [3.63, 3.8) is 0 Å². The number of allylic oxidation sites excluding steroid dienone is 2. The van der Waals surface area contributed by atoms with Gasteiger partial charge >= 0.3 is 0 Å². The zero-order valence-electron chi connectivity index (χ0n) is 19.4. The van der Waals surface area contributed by atoms with E-state index < -0.39 is 13.7 Å². The van der Waals surface area contributed by atoms with Crippen molar-refractivity contribution in [3.05, 3.63) is 102 Å². The van der Waals surface area contributed by atoms with Gasteiger partial charge in [-0.15, -0.1) is 0 Å². The Balaban J connectivity index is 1.99. The molecule has 0 saturated carbocycles. The number of ether oxygens (including phenoxy) is 4. The molecule has 0 N–H and O–H groups in total. The Bertz CT molecular complexity index is 1100.